The summed E-state index contributed by atoms with van der Waals surface area (Å²) in [5, 5.41) is 13.1. The van der Waals surface area contributed by atoms with Gasteiger partial charge in [0, 0.05) is 6.07 Å². The van der Waals surface area contributed by atoms with Crippen LogP contribution in [0.4, 0.5) is 11.5 Å². The second-order valence-corrected chi connectivity index (χ2v) is 4.23. The third-order valence-corrected chi connectivity index (χ3v) is 2.75. The van der Waals surface area contributed by atoms with Crippen molar-refractivity contribution < 1.29 is 14.5 Å². The summed E-state index contributed by atoms with van der Waals surface area (Å²) in [7, 11) is 1.57. The Morgan fingerprint density at radius 1 is 1.29 bits per heavy atom. The predicted molar refractivity (Wildman–Crippen MR) is 76.2 cm³/mol. The van der Waals surface area contributed by atoms with Gasteiger partial charge in [0.25, 0.3) is 5.69 Å². The number of aromatic nitrogens is 1. The Morgan fingerprint density at radius 3 is 2.52 bits per heavy atom. The second kappa shape index (κ2) is 6.47. The van der Waals surface area contributed by atoms with Crippen LogP contribution in [0.25, 0.3) is 0 Å². The summed E-state index contributed by atoms with van der Waals surface area (Å²) in [4.78, 5) is 25.6. The maximum absolute atomic E-state index is 11.8. The van der Waals surface area contributed by atoms with Gasteiger partial charge in [0.1, 0.15) is 17.8 Å². The Kier molecular flexibility index (Phi) is 4.45. The Morgan fingerprint density at radius 2 is 2.00 bits per heavy atom. The van der Waals surface area contributed by atoms with E-state index in [1.54, 1.807) is 31.4 Å². The summed E-state index contributed by atoms with van der Waals surface area (Å²) in [6.07, 6.45) is 1.28. The van der Waals surface area contributed by atoms with Gasteiger partial charge in [0.2, 0.25) is 5.91 Å². The van der Waals surface area contributed by atoms with Crippen LogP contribution >= 0.6 is 0 Å². The molecular weight excluding hydrogens is 274 g/mol. The van der Waals surface area contributed by atoms with Gasteiger partial charge in [-0.2, -0.15) is 0 Å². The number of pyridine rings is 1. The molecule has 0 aliphatic heterocycles. The number of nitrogens with one attached hydrogen (secondary N) is 1. The van der Waals surface area contributed by atoms with Crippen LogP contribution in [0.15, 0.2) is 42.6 Å². The molecular formula is C14H13N3O4. The molecule has 2 rings (SSSR count). The van der Waals surface area contributed by atoms with E-state index in [4.69, 9.17) is 4.74 Å². The number of nitrogens with zero attached hydrogens (tertiary/aromatic N) is 2. The summed E-state index contributed by atoms with van der Waals surface area (Å²) >= 11 is 0. The predicted octanol–water partition coefficient (Wildman–Crippen LogP) is 2.18. The first-order valence-corrected chi connectivity index (χ1v) is 6.11. The molecule has 0 spiro atoms. The van der Waals surface area contributed by atoms with Crippen LogP contribution in [-0.2, 0) is 11.2 Å². The van der Waals surface area contributed by atoms with Gasteiger partial charge in [-0.1, -0.05) is 12.1 Å². The topological polar surface area (TPSA) is 94.4 Å². The number of hydrogen-bond acceptors (Lipinski definition) is 5. The number of benzene rings is 1. The maximum Gasteiger partial charge on any atom is 0.287 e. The van der Waals surface area contributed by atoms with Crippen molar-refractivity contribution >= 4 is 17.4 Å². The number of amides is 1. The molecule has 0 unspecified atom stereocenters. The highest BCUT2D eigenvalue weighted by molar-refractivity contribution is 5.91. The number of carbonyl (C=O) groups is 1. The number of rotatable bonds is 5. The van der Waals surface area contributed by atoms with Crippen LogP contribution < -0.4 is 10.1 Å². The second-order valence-electron chi connectivity index (χ2n) is 4.23. The Hall–Kier alpha value is -2.96. The fraction of sp³-hybridized carbons (Fsp3) is 0.143. The first kappa shape index (κ1) is 14.4. The highest BCUT2D eigenvalue weighted by atomic mass is 16.6. The third kappa shape index (κ3) is 4.00. The number of anilines is 1. The average molecular weight is 287 g/mol. The summed E-state index contributed by atoms with van der Waals surface area (Å²) in [6.45, 7) is 0. The minimum Gasteiger partial charge on any atom is -0.497 e. The number of carbonyl (C=O) groups excluding carboxylic acids is 1. The van der Waals surface area contributed by atoms with E-state index in [1.807, 2.05) is 0 Å². The number of methoxy groups -OCH3 is 1. The van der Waals surface area contributed by atoms with E-state index in [-0.39, 0.29) is 23.8 Å². The molecule has 7 heteroatoms. The molecule has 0 aliphatic carbocycles. The molecule has 1 heterocycles. The van der Waals surface area contributed by atoms with Crippen LogP contribution in [0.2, 0.25) is 0 Å². The summed E-state index contributed by atoms with van der Waals surface area (Å²) in [5.74, 6) is 0.747. The summed E-state index contributed by atoms with van der Waals surface area (Å²) in [6, 6.07) is 9.81. The Bertz CT molecular complexity index is 638. The lowest BCUT2D eigenvalue weighted by Crippen LogP contribution is -2.15. The molecule has 7 nitrogen and oxygen atoms in total. The van der Waals surface area contributed by atoms with Gasteiger partial charge in [0.15, 0.2) is 0 Å². The highest BCUT2D eigenvalue weighted by Crippen LogP contribution is 2.14. The molecule has 1 amide bonds. The molecule has 1 aromatic carbocycles. The molecule has 0 saturated carbocycles. The van der Waals surface area contributed by atoms with E-state index in [0.717, 1.165) is 17.5 Å². The number of hydrogen-bond donors (Lipinski definition) is 1. The summed E-state index contributed by atoms with van der Waals surface area (Å²) < 4.78 is 5.03. The van der Waals surface area contributed by atoms with Crippen LogP contribution in [0.3, 0.4) is 0 Å². The van der Waals surface area contributed by atoms with Crippen molar-refractivity contribution in [3.05, 3.63) is 58.3 Å². The smallest absolute Gasteiger partial charge is 0.287 e. The first-order chi connectivity index (χ1) is 10.1. The molecule has 0 radical (unpaired) electrons. The fourth-order valence-corrected chi connectivity index (χ4v) is 1.68. The Labute approximate surface area is 120 Å². The van der Waals surface area contributed by atoms with E-state index < -0.39 is 4.92 Å². The molecule has 1 aromatic heterocycles. The van der Waals surface area contributed by atoms with Crippen molar-refractivity contribution in [2.45, 2.75) is 6.42 Å². The standard InChI is InChI=1S/C14H13N3O4/c1-21-12-5-2-10(3-6-12)8-14(18)16-13-7-4-11(9-15-13)17(19)20/h2-7,9H,8H2,1H3,(H,15,16,18). The molecule has 0 bridgehead atoms. The van der Waals surface area contributed by atoms with Gasteiger partial charge in [-0.3, -0.25) is 14.9 Å². The van der Waals surface area contributed by atoms with Crippen molar-refractivity contribution in [2.24, 2.45) is 0 Å². The zero-order chi connectivity index (χ0) is 15.2. The normalized spacial score (nSPS) is 9.95. The van der Waals surface area contributed by atoms with Crippen LogP contribution in [0.5, 0.6) is 5.75 Å². The average Bonchev–Trinajstić information content (AvgIpc) is 2.48. The SMILES string of the molecule is COc1ccc(CC(=O)Nc2ccc([N+](=O)[O-])cn2)cc1. The van der Waals surface area contributed by atoms with Gasteiger partial charge in [-0.25, -0.2) is 4.98 Å². The van der Waals surface area contributed by atoms with Gasteiger partial charge in [0.05, 0.1) is 18.5 Å². The molecule has 21 heavy (non-hydrogen) atoms. The third-order valence-electron chi connectivity index (χ3n) is 2.75. The Balaban J connectivity index is 1.95. The molecule has 108 valence electrons. The van der Waals surface area contributed by atoms with Crippen LogP contribution in [-0.4, -0.2) is 22.9 Å². The van der Waals surface area contributed by atoms with Crippen molar-refractivity contribution in [1.82, 2.24) is 4.98 Å². The minimum atomic E-state index is -0.546. The zero-order valence-corrected chi connectivity index (χ0v) is 11.3. The maximum atomic E-state index is 11.8. The quantitative estimate of drug-likeness (QED) is 0.671. The summed E-state index contributed by atoms with van der Waals surface area (Å²) in [5.41, 5.74) is 0.707. The van der Waals surface area contributed by atoms with Gasteiger partial charge >= 0.3 is 0 Å². The van der Waals surface area contributed by atoms with E-state index in [9.17, 15) is 14.9 Å². The van der Waals surface area contributed by atoms with E-state index >= 15 is 0 Å². The minimum absolute atomic E-state index is 0.122. The highest BCUT2D eigenvalue weighted by Gasteiger charge is 2.08. The fourth-order valence-electron chi connectivity index (χ4n) is 1.68. The monoisotopic (exact) mass is 287 g/mol. The molecule has 0 aliphatic rings. The van der Waals surface area contributed by atoms with Crippen LogP contribution in [0, 0.1) is 10.1 Å². The largest absolute Gasteiger partial charge is 0.497 e. The van der Waals surface area contributed by atoms with Crippen LogP contribution in [0.1, 0.15) is 5.56 Å². The van der Waals surface area contributed by atoms with E-state index in [2.05, 4.69) is 10.3 Å². The van der Waals surface area contributed by atoms with E-state index in [1.165, 1.54) is 12.1 Å². The molecule has 0 saturated heterocycles. The number of ether oxygens (including phenoxy) is 1. The lowest BCUT2D eigenvalue weighted by molar-refractivity contribution is -0.385. The lowest BCUT2D eigenvalue weighted by atomic mass is 10.1. The van der Waals surface area contributed by atoms with Gasteiger partial charge in [-0.15, -0.1) is 0 Å². The number of nitro groups is 1. The molecule has 2 aromatic rings. The lowest BCUT2D eigenvalue weighted by Gasteiger charge is -2.05. The van der Waals surface area contributed by atoms with Crippen molar-refractivity contribution in [2.75, 3.05) is 12.4 Å². The van der Waals surface area contributed by atoms with Gasteiger partial charge < -0.3 is 10.1 Å². The van der Waals surface area contributed by atoms with Crippen molar-refractivity contribution in [3.63, 3.8) is 0 Å². The zero-order valence-electron chi connectivity index (χ0n) is 11.3. The van der Waals surface area contributed by atoms with Gasteiger partial charge in [-0.05, 0) is 23.8 Å². The molecule has 1 N–H and O–H groups in total. The van der Waals surface area contributed by atoms with E-state index in [0.29, 0.717) is 0 Å². The van der Waals surface area contributed by atoms with Crippen molar-refractivity contribution in [3.8, 4) is 5.75 Å². The van der Waals surface area contributed by atoms with Crippen molar-refractivity contribution in [1.29, 1.82) is 0 Å². The molecule has 0 atom stereocenters. The molecule has 0 fully saturated rings. The first-order valence-electron chi connectivity index (χ1n) is 6.11.